The number of hydrogen-bond donors (Lipinski definition) is 1. The number of carbonyl (C=O) groups excluding carboxylic acids is 2. The van der Waals surface area contributed by atoms with Gasteiger partial charge in [0.25, 0.3) is 0 Å². The van der Waals surface area contributed by atoms with Gasteiger partial charge in [-0.05, 0) is 109 Å². The maximum Gasteiger partial charge on any atom is 1.00 e. The zero-order valence-electron chi connectivity index (χ0n) is 46.6. The van der Waals surface area contributed by atoms with E-state index in [1.807, 2.05) is 0 Å². The second kappa shape index (κ2) is 30.4. The van der Waals surface area contributed by atoms with Crippen molar-refractivity contribution in [1.29, 1.82) is 0 Å². The number of halogens is 7. The number of rotatable bonds is 14. The van der Waals surface area contributed by atoms with Gasteiger partial charge in [-0.2, -0.15) is 39.2 Å². The predicted molar refractivity (Wildman–Crippen MR) is 297 cm³/mol. The summed E-state index contributed by atoms with van der Waals surface area (Å²) < 4.78 is 178. The first-order valence-corrected chi connectivity index (χ1v) is 31.0. The van der Waals surface area contributed by atoms with Crippen LogP contribution in [-0.4, -0.2) is 80.1 Å². The number of esters is 2. The minimum atomic E-state index is -6.09. The molecule has 454 valence electrons. The van der Waals surface area contributed by atoms with Crippen molar-refractivity contribution in [3.05, 3.63) is 214 Å². The van der Waals surface area contributed by atoms with Crippen LogP contribution < -0.4 is 29.6 Å². The molecule has 0 amide bonds. The Morgan fingerprint density at radius 3 is 0.953 bits per heavy atom. The van der Waals surface area contributed by atoms with Crippen molar-refractivity contribution >= 4 is 42.3 Å². The molecule has 4 aliphatic carbocycles. The van der Waals surface area contributed by atoms with Crippen LogP contribution in [0.1, 0.15) is 108 Å². The third-order valence-corrected chi connectivity index (χ3v) is 17.5. The molecule has 6 unspecified atom stereocenters. The number of hydrogen-bond acceptors (Lipinski definition) is 12. The molecule has 10 rings (SSSR count). The molecular formula is C61H63F7NaO13S3-. The van der Waals surface area contributed by atoms with Crippen molar-refractivity contribution in [1.82, 2.24) is 0 Å². The zero-order chi connectivity index (χ0) is 61.7. The van der Waals surface area contributed by atoms with Crippen LogP contribution in [0.2, 0.25) is 0 Å². The quantitative estimate of drug-likeness (QED) is 0.0268. The summed E-state index contributed by atoms with van der Waals surface area (Å²) >= 11 is 0. The normalized spacial score (nSPS) is 19.7. The Bertz CT molecular complexity index is 3140. The van der Waals surface area contributed by atoms with Crippen LogP contribution in [0.15, 0.2) is 170 Å². The van der Waals surface area contributed by atoms with Crippen LogP contribution in [0.3, 0.4) is 0 Å². The van der Waals surface area contributed by atoms with Crippen molar-refractivity contribution in [3.8, 4) is 0 Å². The molecule has 85 heavy (non-hydrogen) atoms. The van der Waals surface area contributed by atoms with Crippen LogP contribution in [0.5, 0.6) is 0 Å². The van der Waals surface area contributed by atoms with Crippen molar-refractivity contribution in [3.63, 3.8) is 0 Å². The molecule has 6 aromatic rings. The first-order chi connectivity index (χ1) is 39.3. The Hall–Kier alpha value is -5.50. The molecule has 4 aliphatic rings. The van der Waals surface area contributed by atoms with Gasteiger partial charge < -0.3 is 18.6 Å². The van der Waals surface area contributed by atoms with E-state index in [0.29, 0.717) is 36.5 Å². The fraction of sp³-hybridized carbons (Fsp3) is 0.377. The average Bonchev–Trinajstić information content (AvgIpc) is 3.30. The maximum absolute atomic E-state index is 12.9. The average molecular weight is 1260 g/mol. The number of carbonyl (C=O) groups is 2. The fourth-order valence-electron chi connectivity index (χ4n) is 11.0. The minimum absolute atomic E-state index is 0. The number of aryl methyl sites for hydroxylation is 2. The van der Waals surface area contributed by atoms with Gasteiger partial charge in [-0.15, -0.1) is 0 Å². The van der Waals surface area contributed by atoms with Gasteiger partial charge in [0.2, 0.25) is 0 Å². The molecule has 0 heterocycles. The summed E-state index contributed by atoms with van der Waals surface area (Å²) in [6.45, 7) is 0.942. The van der Waals surface area contributed by atoms with E-state index in [4.69, 9.17) is 17.5 Å². The molecule has 13 nitrogen and oxygen atoms in total. The zero-order valence-corrected chi connectivity index (χ0v) is 51.0. The van der Waals surface area contributed by atoms with E-state index in [0.717, 1.165) is 38.5 Å². The van der Waals surface area contributed by atoms with E-state index in [1.54, 1.807) is 0 Å². The number of alkyl halides is 7. The largest absolute Gasteiger partial charge is 1.00 e. The molecule has 0 aromatic heterocycles. The third kappa shape index (κ3) is 20.0. The van der Waals surface area contributed by atoms with Crippen LogP contribution >= 0.6 is 0 Å². The van der Waals surface area contributed by atoms with E-state index in [9.17, 15) is 61.7 Å². The first-order valence-electron chi connectivity index (χ1n) is 26.7. The van der Waals surface area contributed by atoms with E-state index in [-0.39, 0.29) is 41.4 Å². The summed E-state index contributed by atoms with van der Waals surface area (Å²) in [5.74, 6) is -0.602. The maximum atomic E-state index is 12.9. The molecule has 1 N–H and O–H groups in total. The van der Waals surface area contributed by atoms with Gasteiger partial charge in [-0.1, -0.05) is 194 Å². The molecule has 4 saturated carbocycles. The molecule has 24 heteroatoms. The molecule has 0 aliphatic heterocycles. The van der Waals surface area contributed by atoms with Gasteiger partial charge in [-0.3, -0.25) is 14.1 Å². The topological polar surface area (TPSA) is 221 Å². The molecular weight excluding hydrogens is 1190 g/mol. The Morgan fingerprint density at radius 2 is 0.729 bits per heavy atom. The van der Waals surface area contributed by atoms with Crippen LogP contribution in [-0.2, 0) is 49.4 Å². The van der Waals surface area contributed by atoms with Gasteiger partial charge in [-0.25, -0.2) is 16.8 Å². The molecule has 0 saturated heterocycles. The van der Waals surface area contributed by atoms with Crippen molar-refractivity contribution in [2.24, 2.45) is 35.5 Å². The summed E-state index contributed by atoms with van der Waals surface area (Å²) in [5.41, 5.74) is 4.98. The van der Waals surface area contributed by atoms with Crippen molar-refractivity contribution < 1.29 is 118 Å². The smallest absolute Gasteiger partial charge is 0.743 e. The second-order valence-corrected chi connectivity index (χ2v) is 25.6. The number of benzene rings is 6. The van der Waals surface area contributed by atoms with Crippen LogP contribution in [0, 0.1) is 49.4 Å². The SMILES string of the molecule is Cc1ccc(C(c2ccccc2)c2ccccc2)cc1.Cc1ccc(C(c2ccccc2)c2ccccc2)cc1.O=C(OCC(F)(F)S(=O)(=O)O)C1CC2CCC1C2.O=C(OCC(F)(F)S(=O)(=O)[O-])C1CC2CCC1C2.O=S(=O)([O-])C(F)(F)F.[Na+]. The van der Waals surface area contributed by atoms with E-state index >= 15 is 0 Å². The molecule has 4 bridgehead atoms. The van der Waals surface area contributed by atoms with Gasteiger partial charge in [0.1, 0.15) is 0 Å². The first kappa shape index (κ1) is 70.3. The Balaban J connectivity index is 0.000000198. The van der Waals surface area contributed by atoms with Crippen molar-refractivity contribution in [2.75, 3.05) is 13.2 Å². The van der Waals surface area contributed by atoms with Gasteiger partial charge >= 0.3 is 67.6 Å². The molecule has 6 aromatic carbocycles. The standard InChI is InChI=1S/2C20H18.2C10H14F2O5S.CHF3O3S.Na/c2*1-16-12-14-19(15-13-16)20(17-8-4-2-5-9-17)18-10-6-3-7-11-18;2*11-10(12,18(14,15)16)5-17-9(13)8-4-6-1-2-7(8)3-6;2-1(3,4)8(5,6)7;/h2*2-15,20H,1H3;2*6-8H,1-5H2,(H,14,15,16);(H,5,6,7);/q;;;;;+1/p-2. The minimum Gasteiger partial charge on any atom is -0.743 e. The van der Waals surface area contributed by atoms with Crippen LogP contribution in [0.4, 0.5) is 30.7 Å². The number of ether oxygens (including phenoxy) is 2. The van der Waals surface area contributed by atoms with E-state index in [2.05, 4.69) is 193 Å². The van der Waals surface area contributed by atoms with Crippen LogP contribution in [0.25, 0.3) is 0 Å². The summed E-state index contributed by atoms with van der Waals surface area (Å²) in [6, 6.07) is 60.5. The Morgan fingerprint density at radius 1 is 0.459 bits per heavy atom. The molecule has 6 atom stereocenters. The second-order valence-electron chi connectivity index (χ2n) is 21.2. The molecule has 4 fully saturated rings. The summed E-state index contributed by atoms with van der Waals surface area (Å²) in [5, 5.41) is -9.00. The summed E-state index contributed by atoms with van der Waals surface area (Å²) in [6.07, 6.45) is 6.90. The predicted octanol–water partition coefficient (Wildman–Crippen LogP) is 9.96. The monoisotopic (exact) mass is 1260 g/mol. The molecule has 0 spiro atoms. The van der Waals surface area contributed by atoms with E-state index in [1.165, 1.54) is 44.5 Å². The summed E-state index contributed by atoms with van der Waals surface area (Å²) in [4.78, 5) is 23.1. The number of fused-ring (bicyclic) bond motifs is 4. The van der Waals surface area contributed by atoms with Gasteiger partial charge in [0, 0.05) is 11.8 Å². The van der Waals surface area contributed by atoms with Gasteiger partial charge in [0.05, 0.1) is 11.8 Å². The molecule has 0 radical (unpaired) electrons. The van der Waals surface area contributed by atoms with Gasteiger partial charge in [0.15, 0.2) is 33.5 Å². The Labute approximate surface area is 513 Å². The fourth-order valence-corrected chi connectivity index (χ4v) is 11.4. The van der Waals surface area contributed by atoms with E-state index < -0.39 is 83.4 Å². The summed E-state index contributed by atoms with van der Waals surface area (Å²) in [7, 11) is -17.4. The Kier molecular flexibility index (Phi) is 25.1. The third-order valence-electron chi connectivity index (χ3n) is 15.2. The van der Waals surface area contributed by atoms with Crippen molar-refractivity contribution in [2.45, 2.75) is 93.1 Å².